The van der Waals surface area contributed by atoms with Gasteiger partial charge in [0.1, 0.15) is 11.6 Å². The fourth-order valence-electron chi connectivity index (χ4n) is 2.54. The molecule has 5 nitrogen and oxygen atoms in total. The summed E-state index contributed by atoms with van der Waals surface area (Å²) in [5.74, 6) is 0.488. The van der Waals surface area contributed by atoms with E-state index in [1.165, 1.54) is 12.1 Å². The molecule has 0 aliphatic carbocycles. The van der Waals surface area contributed by atoms with Crippen molar-refractivity contribution >= 4 is 17.5 Å². The molecule has 1 N–H and O–H groups in total. The van der Waals surface area contributed by atoms with Gasteiger partial charge in [0, 0.05) is 5.56 Å². The molecule has 0 amide bonds. The SMILES string of the molecule is C[C@@H]1Sc2nnc(-c3ccc(F)cc3)n2N=C1c1ccc(O)cc1. The molecule has 0 radical (unpaired) electrons. The number of aromatic hydroxyl groups is 1. The van der Waals surface area contributed by atoms with E-state index in [2.05, 4.69) is 10.2 Å². The first kappa shape index (κ1) is 14.9. The zero-order chi connectivity index (χ0) is 16.7. The van der Waals surface area contributed by atoms with Crippen molar-refractivity contribution in [3.63, 3.8) is 0 Å². The van der Waals surface area contributed by atoms with E-state index in [1.54, 1.807) is 40.7 Å². The maximum atomic E-state index is 13.1. The number of halogens is 1. The summed E-state index contributed by atoms with van der Waals surface area (Å²) < 4.78 is 14.8. The predicted octanol–water partition coefficient (Wildman–Crippen LogP) is 3.54. The fraction of sp³-hybridized carbons (Fsp3) is 0.118. The molecule has 4 rings (SSSR count). The van der Waals surface area contributed by atoms with E-state index < -0.39 is 0 Å². The number of aromatic nitrogens is 3. The summed E-state index contributed by atoms with van der Waals surface area (Å²) in [6.07, 6.45) is 0. The van der Waals surface area contributed by atoms with Crippen molar-refractivity contribution in [1.82, 2.24) is 14.9 Å². The van der Waals surface area contributed by atoms with Gasteiger partial charge in [-0.1, -0.05) is 11.8 Å². The van der Waals surface area contributed by atoms with Crippen LogP contribution in [0.15, 0.2) is 58.8 Å². The first-order chi connectivity index (χ1) is 11.6. The Balaban J connectivity index is 1.81. The van der Waals surface area contributed by atoms with Gasteiger partial charge in [-0.2, -0.15) is 9.78 Å². The average molecular weight is 340 g/mol. The highest BCUT2D eigenvalue weighted by molar-refractivity contribution is 8.00. The smallest absolute Gasteiger partial charge is 0.213 e. The Morgan fingerprint density at radius 1 is 1.00 bits per heavy atom. The highest BCUT2D eigenvalue weighted by Crippen LogP contribution is 2.33. The number of hydrogen-bond donors (Lipinski definition) is 1. The number of fused-ring (bicyclic) bond motifs is 1. The summed E-state index contributed by atoms with van der Waals surface area (Å²) in [6, 6.07) is 13.0. The van der Waals surface area contributed by atoms with Crippen LogP contribution in [-0.2, 0) is 0 Å². The molecule has 1 aromatic heterocycles. The quantitative estimate of drug-likeness (QED) is 0.775. The standard InChI is InChI=1S/C17H13FN4OS/c1-10-15(11-4-8-14(23)9-5-11)21-22-16(19-20-17(22)24-10)12-2-6-13(18)7-3-12/h2-10,23H,1H3/t10-/m0/s1. The molecule has 0 saturated carbocycles. The highest BCUT2D eigenvalue weighted by Gasteiger charge is 2.26. The number of thioether (sulfide) groups is 1. The van der Waals surface area contributed by atoms with Crippen molar-refractivity contribution in [3.05, 3.63) is 59.9 Å². The Hall–Kier alpha value is -2.67. The lowest BCUT2D eigenvalue weighted by Crippen LogP contribution is -2.21. The number of hydrogen-bond acceptors (Lipinski definition) is 5. The third kappa shape index (κ3) is 2.56. The number of benzene rings is 2. The third-order valence-corrected chi connectivity index (χ3v) is 4.79. The van der Waals surface area contributed by atoms with Gasteiger partial charge in [0.25, 0.3) is 0 Å². The van der Waals surface area contributed by atoms with E-state index in [9.17, 15) is 9.50 Å². The van der Waals surface area contributed by atoms with Gasteiger partial charge in [-0.25, -0.2) is 4.39 Å². The van der Waals surface area contributed by atoms with Gasteiger partial charge >= 0.3 is 0 Å². The Kier molecular flexibility index (Phi) is 3.57. The van der Waals surface area contributed by atoms with Crippen LogP contribution in [0.4, 0.5) is 4.39 Å². The van der Waals surface area contributed by atoms with Crippen molar-refractivity contribution in [2.24, 2.45) is 5.10 Å². The van der Waals surface area contributed by atoms with Crippen LogP contribution in [0.2, 0.25) is 0 Å². The van der Waals surface area contributed by atoms with Gasteiger partial charge in [0.05, 0.1) is 11.0 Å². The molecular weight excluding hydrogens is 327 g/mol. The van der Waals surface area contributed by atoms with Crippen LogP contribution in [-0.4, -0.2) is 30.9 Å². The lowest BCUT2D eigenvalue weighted by Gasteiger charge is -2.20. The summed E-state index contributed by atoms with van der Waals surface area (Å²) >= 11 is 1.56. The largest absolute Gasteiger partial charge is 0.508 e. The number of nitrogens with zero attached hydrogens (tertiary/aromatic N) is 4. The number of rotatable bonds is 2. The average Bonchev–Trinajstić information content (AvgIpc) is 2.98. The van der Waals surface area contributed by atoms with E-state index in [4.69, 9.17) is 5.10 Å². The molecule has 1 aliphatic heterocycles. The Morgan fingerprint density at radius 3 is 2.38 bits per heavy atom. The summed E-state index contributed by atoms with van der Waals surface area (Å²) in [6.45, 7) is 2.05. The van der Waals surface area contributed by atoms with Crippen molar-refractivity contribution in [2.75, 3.05) is 0 Å². The highest BCUT2D eigenvalue weighted by atomic mass is 32.2. The molecule has 0 unspecified atom stereocenters. The summed E-state index contributed by atoms with van der Waals surface area (Å²) in [7, 11) is 0. The minimum absolute atomic E-state index is 0.104. The zero-order valence-corrected chi connectivity index (χ0v) is 13.5. The number of phenolic OH excluding ortho intramolecular Hbond substituents is 1. The maximum Gasteiger partial charge on any atom is 0.213 e. The minimum Gasteiger partial charge on any atom is -0.508 e. The van der Waals surface area contributed by atoms with Crippen LogP contribution in [0.1, 0.15) is 12.5 Å². The molecule has 3 aromatic rings. The van der Waals surface area contributed by atoms with Crippen LogP contribution in [0.25, 0.3) is 11.4 Å². The zero-order valence-electron chi connectivity index (χ0n) is 12.7. The van der Waals surface area contributed by atoms with Crippen molar-refractivity contribution in [1.29, 1.82) is 0 Å². The van der Waals surface area contributed by atoms with Gasteiger partial charge in [-0.3, -0.25) is 0 Å². The van der Waals surface area contributed by atoms with Crippen LogP contribution in [0.5, 0.6) is 5.75 Å². The third-order valence-electron chi connectivity index (χ3n) is 3.75. The fourth-order valence-corrected chi connectivity index (χ4v) is 3.46. The van der Waals surface area contributed by atoms with Gasteiger partial charge in [0.15, 0.2) is 5.82 Å². The normalized spacial score (nSPS) is 16.6. The summed E-state index contributed by atoms with van der Waals surface area (Å²) in [5, 5.41) is 23.3. The van der Waals surface area contributed by atoms with Crippen LogP contribution < -0.4 is 0 Å². The molecule has 2 aromatic carbocycles. The minimum atomic E-state index is -0.298. The van der Waals surface area contributed by atoms with E-state index in [1.807, 2.05) is 19.1 Å². The monoisotopic (exact) mass is 340 g/mol. The molecule has 0 fully saturated rings. The summed E-state index contributed by atoms with van der Waals surface area (Å²) in [4.78, 5) is 0. The molecule has 120 valence electrons. The lowest BCUT2D eigenvalue weighted by atomic mass is 10.1. The van der Waals surface area contributed by atoms with E-state index in [0.29, 0.717) is 11.0 Å². The van der Waals surface area contributed by atoms with Gasteiger partial charge in [-0.15, -0.1) is 10.2 Å². The summed E-state index contributed by atoms with van der Waals surface area (Å²) in [5.41, 5.74) is 2.55. The molecule has 1 aliphatic rings. The molecule has 0 spiro atoms. The first-order valence-corrected chi connectivity index (χ1v) is 8.26. The van der Waals surface area contributed by atoms with E-state index in [0.717, 1.165) is 16.8 Å². The van der Waals surface area contributed by atoms with Crippen LogP contribution in [0, 0.1) is 5.82 Å². The Morgan fingerprint density at radius 2 is 1.67 bits per heavy atom. The maximum absolute atomic E-state index is 13.1. The second-order valence-electron chi connectivity index (χ2n) is 5.42. The topological polar surface area (TPSA) is 63.3 Å². The Labute approximate surface area is 141 Å². The van der Waals surface area contributed by atoms with Gasteiger partial charge < -0.3 is 5.11 Å². The number of phenols is 1. The van der Waals surface area contributed by atoms with Crippen molar-refractivity contribution in [2.45, 2.75) is 17.3 Å². The van der Waals surface area contributed by atoms with E-state index >= 15 is 0 Å². The Bertz CT molecular complexity index is 919. The van der Waals surface area contributed by atoms with Crippen molar-refractivity contribution in [3.8, 4) is 17.1 Å². The second-order valence-corrected chi connectivity index (χ2v) is 6.73. The lowest BCUT2D eigenvalue weighted by molar-refractivity contribution is 0.475. The predicted molar refractivity (Wildman–Crippen MR) is 90.8 cm³/mol. The molecule has 0 saturated heterocycles. The molecule has 7 heteroatoms. The van der Waals surface area contributed by atoms with Crippen molar-refractivity contribution < 1.29 is 9.50 Å². The van der Waals surface area contributed by atoms with Gasteiger partial charge in [-0.05, 0) is 61.0 Å². The first-order valence-electron chi connectivity index (χ1n) is 7.38. The van der Waals surface area contributed by atoms with Gasteiger partial charge in [0.2, 0.25) is 5.16 Å². The molecule has 2 heterocycles. The second kappa shape index (κ2) is 5.76. The van der Waals surface area contributed by atoms with E-state index in [-0.39, 0.29) is 16.8 Å². The molecule has 0 bridgehead atoms. The molecular formula is C17H13FN4OS. The van der Waals surface area contributed by atoms with Crippen LogP contribution >= 0.6 is 11.8 Å². The molecule has 1 atom stereocenters. The van der Waals surface area contributed by atoms with Crippen LogP contribution in [0.3, 0.4) is 0 Å². The molecule has 24 heavy (non-hydrogen) atoms.